The van der Waals surface area contributed by atoms with Crippen molar-refractivity contribution in [2.75, 3.05) is 0 Å². The van der Waals surface area contributed by atoms with Gasteiger partial charge in [0.25, 0.3) is 5.91 Å². The Kier molecular flexibility index (Phi) is 9.27. The van der Waals surface area contributed by atoms with Crippen LogP contribution in [0.3, 0.4) is 0 Å². The second-order valence-electron chi connectivity index (χ2n) is 9.87. The highest BCUT2D eigenvalue weighted by Crippen LogP contribution is 2.21. The molecule has 4 N–H and O–H groups in total. The Morgan fingerprint density at radius 1 is 1.15 bits per heavy atom. The number of hydrogen-bond donors (Lipinski definition) is 3. The molecule has 0 spiro atoms. The van der Waals surface area contributed by atoms with E-state index in [0.717, 1.165) is 55.2 Å². The van der Waals surface area contributed by atoms with Gasteiger partial charge in [-0.05, 0) is 50.5 Å². The predicted molar refractivity (Wildman–Crippen MR) is 148 cm³/mol. The molecule has 1 saturated heterocycles. The fraction of sp³-hybridized carbons (Fsp3) is 0.367. The van der Waals surface area contributed by atoms with Crippen LogP contribution in [0.5, 0.6) is 0 Å². The molecule has 1 atom stereocenters. The number of nitrogens with two attached hydrogens (primary N) is 1. The Balaban J connectivity index is 1.20. The molecule has 1 aromatic heterocycles. The molecule has 3 aromatic rings. The van der Waals surface area contributed by atoms with E-state index in [1.165, 1.54) is 12.1 Å². The monoisotopic (exact) mass is 545 g/mol. The normalized spacial score (nSPS) is 14.9. The highest BCUT2D eigenvalue weighted by molar-refractivity contribution is 6.04. The number of hydrogen-bond acceptors (Lipinski definition) is 5. The van der Waals surface area contributed by atoms with Gasteiger partial charge in [0.05, 0.1) is 22.3 Å². The number of carbonyl (C=O) groups excluding carboxylic acids is 4. The Morgan fingerprint density at radius 2 is 1.93 bits per heavy atom. The fourth-order valence-electron chi connectivity index (χ4n) is 4.70. The molecule has 1 aliphatic heterocycles. The number of halogens is 1. The van der Waals surface area contributed by atoms with Gasteiger partial charge in [0.1, 0.15) is 6.04 Å². The van der Waals surface area contributed by atoms with Crippen molar-refractivity contribution < 1.29 is 23.6 Å². The van der Waals surface area contributed by atoms with E-state index in [0.29, 0.717) is 12.0 Å². The van der Waals surface area contributed by atoms with Gasteiger partial charge < -0.3 is 11.1 Å². The summed E-state index contributed by atoms with van der Waals surface area (Å²) in [6, 6.07) is 8.92. The van der Waals surface area contributed by atoms with E-state index >= 15 is 0 Å². The summed E-state index contributed by atoms with van der Waals surface area (Å²) < 4.78 is 16.8. The van der Waals surface area contributed by atoms with Crippen LogP contribution in [-0.2, 0) is 16.1 Å². The lowest BCUT2D eigenvalue weighted by atomic mass is 10.0. The molecule has 4 rings (SSSR count). The molecule has 0 radical (unpaired) electrons. The van der Waals surface area contributed by atoms with Crippen molar-refractivity contribution in [3.63, 3.8) is 0 Å². The molecule has 4 amide bonds. The molecule has 2 heterocycles. The number of carbonyl (C=O) groups is 4. The van der Waals surface area contributed by atoms with Crippen LogP contribution in [-0.4, -0.2) is 39.5 Å². The van der Waals surface area contributed by atoms with Gasteiger partial charge in [-0.15, -0.1) is 0 Å². The standard InChI is InChI=1S/C30H32FN5O4/c1-19-22-14-13-21(28(32)38)18-25(22)36(35-19)17-8-6-4-2-3-5-7-10-20-11-9-12-23(27(20)31)29(39)33-24-15-16-26(37)34-30(24)40/h9,11-14,18,24H,2-6,8,15-17H2,1H3,(H2,32,38)(H,33,39)(H,34,37,40)/t24-/m0/s1. The van der Waals surface area contributed by atoms with E-state index in [2.05, 4.69) is 27.6 Å². The number of unbranched alkanes of at least 4 members (excludes halogenated alkanes) is 5. The van der Waals surface area contributed by atoms with Crippen molar-refractivity contribution in [1.82, 2.24) is 20.4 Å². The summed E-state index contributed by atoms with van der Waals surface area (Å²) in [5.74, 6) is 2.90. The lowest BCUT2D eigenvalue weighted by Gasteiger charge is -2.21. The summed E-state index contributed by atoms with van der Waals surface area (Å²) >= 11 is 0. The molecule has 1 fully saturated rings. The molecule has 2 aromatic carbocycles. The number of imide groups is 1. The number of primary amides is 1. The molecule has 0 saturated carbocycles. The molecule has 0 unspecified atom stereocenters. The second kappa shape index (κ2) is 13.0. The van der Waals surface area contributed by atoms with Crippen molar-refractivity contribution in [2.45, 2.75) is 70.9 Å². The predicted octanol–water partition coefficient (Wildman–Crippen LogP) is 3.51. The number of aryl methyl sites for hydroxylation is 2. The molecular formula is C30H32FN5O4. The second-order valence-corrected chi connectivity index (χ2v) is 9.87. The highest BCUT2D eigenvalue weighted by Gasteiger charge is 2.29. The Bertz CT molecular complexity index is 1520. The van der Waals surface area contributed by atoms with Gasteiger partial charge in [0.15, 0.2) is 5.82 Å². The number of amides is 4. The third-order valence-corrected chi connectivity index (χ3v) is 6.90. The van der Waals surface area contributed by atoms with Crippen molar-refractivity contribution in [2.24, 2.45) is 5.73 Å². The maximum Gasteiger partial charge on any atom is 0.254 e. The summed E-state index contributed by atoms with van der Waals surface area (Å²) in [5, 5.41) is 10.3. The third-order valence-electron chi connectivity index (χ3n) is 6.90. The maximum atomic E-state index is 14.9. The zero-order valence-corrected chi connectivity index (χ0v) is 22.4. The zero-order valence-electron chi connectivity index (χ0n) is 22.4. The van der Waals surface area contributed by atoms with Crippen LogP contribution in [0, 0.1) is 24.6 Å². The van der Waals surface area contributed by atoms with Crippen LogP contribution in [0.4, 0.5) is 4.39 Å². The minimum absolute atomic E-state index is 0.116. The molecular weight excluding hydrogens is 513 g/mol. The quantitative estimate of drug-likeness (QED) is 0.204. The molecule has 0 bridgehead atoms. The average molecular weight is 546 g/mol. The largest absolute Gasteiger partial charge is 0.366 e. The molecule has 9 nitrogen and oxygen atoms in total. The van der Waals surface area contributed by atoms with Crippen molar-refractivity contribution >= 4 is 34.5 Å². The van der Waals surface area contributed by atoms with E-state index in [-0.39, 0.29) is 24.0 Å². The molecule has 208 valence electrons. The Hall–Kier alpha value is -4.52. The maximum absolute atomic E-state index is 14.9. The number of piperidine rings is 1. The van der Waals surface area contributed by atoms with Crippen molar-refractivity contribution in [3.8, 4) is 11.8 Å². The first-order valence-corrected chi connectivity index (χ1v) is 13.4. The van der Waals surface area contributed by atoms with Gasteiger partial charge in [-0.25, -0.2) is 4.39 Å². The number of benzene rings is 2. The van der Waals surface area contributed by atoms with E-state index in [1.807, 2.05) is 17.7 Å². The fourth-order valence-corrected chi connectivity index (χ4v) is 4.70. The van der Waals surface area contributed by atoms with E-state index in [1.54, 1.807) is 18.2 Å². The van der Waals surface area contributed by atoms with Gasteiger partial charge in [0.2, 0.25) is 17.7 Å². The Morgan fingerprint density at radius 3 is 2.70 bits per heavy atom. The summed E-state index contributed by atoms with van der Waals surface area (Å²) in [6.45, 7) is 2.70. The van der Waals surface area contributed by atoms with Gasteiger partial charge in [-0.3, -0.25) is 29.2 Å². The van der Waals surface area contributed by atoms with Crippen LogP contribution in [0.2, 0.25) is 0 Å². The van der Waals surface area contributed by atoms with Crippen LogP contribution >= 0.6 is 0 Å². The van der Waals surface area contributed by atoms with Gasteiger partial charge in [-0.1, -0.05) is 43.2 Å². The lowest BCUT2D eigenvalue weighted by Crippen LogP contribution is -2.52. The summed E-state index contributed by atoms with van der Waals surface area (Å²) in [6.07, 6.45) is 5.73. The van der Waals surface area contributed by atoms with Gasteiger partial charge in [0, 0.05) is 30.3 Å². The molecule has 1 aliphatic rings. The van der Waals surface area contributed by atoms with E-state index < -0.39 is 35.5 Å². The number of nitrogens with one attached hydrogen (secondary N) is 2. The summed E-state index contributed by atoms with van der Waals surface area (Å²) in [7, 11) is 0. The Labute approximate surface area is 231 Å². The first kappa shape index (κ1) is 28.5. The third kappa shape index (κ3) is 6.91. The van der Waals surface area contributed by atoms with Gasteiger partial charge >= 0.3 is 0 Å². The van der Waals surface area contributed by atoms with Crippen LogP contribution in [0.1, 0.15) is 83.3 Å². The summed E-state index contributed by atoms with van der Waals surface area (Å²) in [5.41, 5.74) is 7.64. The zero-order chi connectivity index (χ0) is 28.6. The van der Waals surface area contributed by atoms with Crippen LogP contribution in [0.25, 0.3) is 10.9 Å². The smallest absolute Gasteiger partial charge is 0.254 e. The van der Waals surface area contributed by atoms with E-state index in [9.17, 15) is 23.6 Å². The number of aromatic nitrogens is 2. The first-order chi connectivity index (χ1) is 19.2. The van der Waals surface area contributed by atoms with Gasteiger partial charge in [-0.2, -0.15) is 5.10 Å². The molecule has 0 aliphatic carbocycles. The van der Waals surface area contributed by atoms with Crippen LogP contribution in [0.15, 0.2) is 36.4 Å². The first-order valence-electron chi connectivity index (χ1n) is 13.4. The lowest BCUT2D eigenvalue weighted by molar-refractivity contribution is -0.134. The number of nitrogens with zero attached hydrogens (tertiary/aromatic N) is 2. The van der Waals surface area contributed by atoms with E-state index in [4.69, 9.17) is 5.73 Å². The highest BCUT2D eigenvalue weighted by atomic mass is 19.1. The minimum atomic E-state index is -0.878. The minimum Gasteiger partial charge on any atom is -0.366 e. The van der Waals surface area contributed by atoms with Crippen LogP contribution < -0.4 is 16.4 Å². The molecule has 40 heavy (non-hydrogen) atoms. The molecule has 10 heteroatoms. The average Bonchev–Trinajstić information content (AvgIpc) is 3.24. The number of fused-ring (bicyclic) bond motifs is 1. The van der Waals surface area contributed by atoms with Crippen molar-refractivity contribution in [3.05, 3.63) is 64.6 Å². The summed E-state index contributed by atoms with van der Waals surface area (Å²) in [4.78, 5) is 47.2. The van der Waals surface area contributed by atoms with Crippen molar-refractivity contribution in [1.29, 1.82) is 0 Å². The topological polar surface area (TPSA) is 136 Å². The number of rotatable bonds is 10. The SMILES string of the molecule is Cc1nn(CCCCCCCC#Cc2cccc(C(=O)N[C@H]3CCC(=O)NC3=O)c2F)c2cc(C(N)=O)ccc12.